The third-order valence-corrected chi connectivity index (χ3v) is 2.53. The Kier molecular flexibility index (Phi) is 3.66. The Bertz CT molecular complexity index is 532. The molecular formula is C11H14N6O. The molecule has 7 heteroatoms. The number of nitrogens with one attached hydrogen (secondary N) is 1. The van der Waals surface area contributed by atoms with Crippen LogP contribution in [0.15, 0.2) is 30.9 Å². The van der Waals surface area contributed by atoms with Crippen LogP contribution in [0.25, 0.3) is 0 Å². The van der Waals surface area contributed by atoms with Crippen molar-refractivity contribution >= 4 is 5.69 Å². The van der Waals surface area contributed by atoms with Crippen LogP contribution in [0.4, 0.5) is 5.69 Å². The van der Waals surface area contributed by atoms with E-state index in [1.54, 1.807) is 24.5 Å². The summed E-state index contributed by atoms with van der Waals surface area (Å²) in [6, 6.07) is 3.03. The number of nitrogens with zero attached hydrogens (tertiary/aromatic N) is 3. The van der Waals surface area contributed by atoms with Crippen molar-refractivity contribution in [3.05, 3.63) is 42.1 Å². The average molecular weight is 246 g/mol. The average Bonchev–Trinajstić information content (AvgIpc) is 2.42. The van der Waals surface area contributed by atoms with Crippen LogP contribution < -0.4 is 21.7 Å². The van der Waals surface area contributed by atoms with Crippen LogP contribution in [0.5, 0.6) is 5.88 Å². The molecule has 0 saturated carbocycles. The first-order chi connectivity index (χ1) is 8.76. The molecule has 18 heavy (non-hydrogen) atoms. The Morgan fingerprint density at radius 1 is 1.39 bits per heavy atom. The molecule has 0 fully saturated rings. The quantitative estimate of drug-likeness (QED) is 0.514. The number of nitrogens with two attached hydrogens (primary N) is 2. The van der Waals surface area contributed by atoms with E-state index < -0.39 is 0 Å². The Balaban J connectivity index is 2.42. The number of pyridine rings is 1. The highest BCUT2D eigenvalue weighted by atomic mass is 16.5. The summed E-state index contributed by atoms with van der Waals surface area (Å²) in [5.41, 5.74) is 10.6. The predicted octanol–water partition coefficient (Wildman–Crippen LogP) is 0.0151. The number of rotatable bonds is 4. The van der Waals surface area contributed by atoms with Gasteiger partial charge in [-0.1, -0.05) is 0 Å². The van der Waals surface area contributed by atoms with Gasteiger partial charge < -0.3 is 10.5 Å². The first-order valence-corrected chi connectivity index (χ1v) is 5.27. The lowest BCUT2D eigenvalue weighted by Gasteiger charge is -2.17. The van der Waals surface area contributed by atoms with Gasteiger partial charge in [0.2, 0.25) is 5.88 Å². The van der Waals surface area contributed by atoms with Gasteiger partial charge in [-0.3, -0.25) is 10.8 Å². The number of aromatic nitrogens is 3. The molecule has 0 aliphatic carbocycles. The largest absolute Gasteiger partial charge is 0.481 e. The molecule has 0 radical (unpaired) electrons. The highest BCUT2D eigenvalue weighted by Crippen LogP contribution is 2.24. The van der Waals surface area contributed by atoms with Crippen LogP contribution in [-0.2, 0) is 0 Å². The predicted molar refractivity (Wildman–Crippen MR) is 66.4 cm³/mol. The molecule has 2 aromatic heterocycles. The summed E-state index contributed by atoms with van der Waals surface area (Å²) >= 11 is 0. The van der Waals surface area contributed by atoms with Crippen LogP contribution in [0.1, 0.15) is 17.3 Å². The van der Waals surface area contributed by atoms with Crippen LogP contribution in [0, 0.1) is 0 Å². The number of nitrogen functional groups attached to an aromatic ring is 1. The van der Waals surface area contributed by atoms with E-state index in [1.807, 2.05) is 0 Å². The van der Waals surface area contributed by atoms with E-state index >= 15 is 0 Å². The van der Waals surface area contributed by atoms with E-state index in [9.17, 15) is 0 Å². The normalized spacial score (nSPS) is 12.1. The lowest BCUT2D eigenvalue weighted by atomic mass is 10.0. The van der Waals surface area contributed by atoms with Gasteiger partial charge in [0, 0.05) is 29.7 Å². The maximum absolute atomic E-state index is 5.89. The third kappa shape index (κ3) is 2.36. The van der Waals surface area contributed by atoms with Crippen LogP contribution in [-0.4, -0.2) is 22.1 Å². The lowest BCUT2D eigenvalue weighted by molar-refractivity contribution is 0.395. The highest BCUT2D eigenvalue weighted by molar-refractivity contribution is 5.48. The fraction of sp³-hybridized carbons (Fsp3) is 0.182. The zero-order valence-electron chi connectivity index (χ0n) is 9.87. The number of ether oxygens (including phenoxy) is 1. The summed E-state index contributed by atoms with van der Waals surface area (Å²) in [6.45, 7) is 0. The minimum absolute atomic E-state index is 0.365. The smallest absolute Gasteiger partial charge is 0.216 e. The molecule has 0 aliphatic heterocycles. The molecule has 94 valence electrons. The molecule has 2 aromatic rings. The van der Waals surface area contributed by atoms with Crippen molar-refractivity contribution in [2.24, 2.45) is 5.84 Å². The first kappa shape index (κ1) is 12.2. The molecule has 1 unspecified atom stereocenters. The molecule has 0 saturated heterocycles. The standard InChI is InChI=1S/C11H14N6O/c1-18-10-4-9(15-6-16-10)11(17-13)7-5-14-3-2-8(7)12/h2-6,11,17H,13H2,1H3,(H2,12,14). The fourth-order valence-corrected chi connectivity index (χ4v) is 1.62. The van der Waals surface area contributed by atoms with E-state index in [4.69, 9.17) is 16.3 Å². The second-order valence-corrected chi connectivity index (χ2v) is 3.59. The molecule has 0 spiro atoms. The lowest BCUT2D eigenvalue weighted by Crippen LogP contribution is -2.30. The molecule has 2 rings (SSSR count). The Hall–Kier alpha value is -2.25. The number of hydrazine groups is 1. The van der Waals surface area contributed by atoms with Gasteiger partial charge in [0.15, 0.2) is 0 Å². The number of anilines is 1. The molecule has 2 heterocycles. The summed E-state index contributed by atoms with van der Waals surface area (Å²) in [5, 5.41) is 0. The maximum Gasteiger partial charge on any atom is 0.216 e. The molecule has 5 N–H and O–H groups in total. The van der Waals surface area contributed by atoms with Crippen molar-refractivity contribution in [2.45, 2.75) is 6.04 Å². The summed E-state index contributed by atoms with van der Waals surface area (Å²) in [5.74, 6) is 6.02. The van der Waals surface area contributed by atoms with Crippen molar-refractivity contribution in [3.8, 4) is 5.88 Å². The monoisotopic (exact) mass is 246 g/mol. The molecule has 7 nitrogen and oxygen atoms in total. The second-order valence-electron chi connectivity index (χ2n) is 3.59. The van der Waals surface area contributed by atoms with Gasteiger partial charge in [-0.25, -0.2) is 15.4 Å². The fourth-order valence-electron chi connectivity index (χ4n) is 1.62. The molecule has 0 bridgehead atoms. The highest BCUT2D eigenvalue weighted by Gasteiger charge is 2.17. The summed E-state index contributed by atoms with van der Waals surface area (Å²) in [7, 11) is 1.54. The topological polar surface area (TPSA) is 112 Å². The zero-order valence-corrected chi connectivity index (χ0v) is 9.87. The van der Waals surface area contributed by atoms with Crippen molar-refractivity contribution in [3.63, 3.8) is 0 Å². The van der Waals surface area contributed by atoms with Crippen LogP contribution in [0.2, 0.25) is 0 Å². The SMILES string of the molecule is COc1cc(C(NN)c2cnccc2N)ncn1. The van der Waals surface area contributed by atoms with Crippen molar-refractivity contribution in [1.82, 2.24) is 20.4 Å². The van der Waals surface area contributed by atoms with Crippen molar-refractivity contribution < 1.29 is 4.74 Å². The number of hydrogen-bond donors (Lipinski definition) is 3. The van der Waals surface area contributed by atoms with E-state index in [-0.39, 0.29) is 6.04 Å². The van der Waals surface area contributed by atoms with Crippen molar-refractivity contribution in [1.29, 1.82) is 0 Å². The van der Waals surface area contributed by atoms with E-state index in [0.29, 0.717) is 17.3 Å². The van der Waals surface area contributed by atoms with E-state index in [2.05, 4.69) is 20.4 Å². The summed E-state index contributed by atoms with van der Waals surface area (Å²) in [6.07, 6.45) is 4.67. The Labute approximate surface area is 104 Å². The van der Waals surface area contributed by atoms with E-state index in [1.165, 1.54) is 13.4 Å². The van der Waals surface area contributed by atoms with E-state index in [0.717, 1.165) is 5.56 Å². The van der Waals surface area contributed by atoms with Gasteiger partial charge in [0.25, 0.3) is 0 Å². The van der Waals surface area contributed by atoms with Gasteiger partial charge in [-0.15, -0.1) is 0 Å². The van der Waals surface area contributed by atoms with Crippen LogP contribution in [0.3, 0.4) is 0 Å². The Morgan fingerprint density at radius 2 is 2.22 bits per heavy atom. The number of methoxy groups -OCH3 is 1. The van der Waals surface area contributed by atoms with Gasteiger partial charge in [0.05, 0.1) is 18.8 Å². The first-order valence-electron chi connectivity index (χ1n) is 5.27. The van der Waals surface area contributed by atoms with Gasteiger partial charge >= 0.3 is 0 Å². The summed E-state index contributed by atoms with van der Waals surface area (Å²) < 4.78 is 5.05. The third-order valence-electron chi connectivity index (χ3n) is 2.53. The Morgan fingerprint density at radius 3 is 2.89 bits per heavy atom. The molecular weight excluding hydrogens is 232 g/mol. The maximum atomic E-state index is 5.89. The molecule has 0 amide bonds. The number of hydrogen-bond acceptors (Lipinski definition) is 7. The minimum atomic E-state index is -0.365. The molecule has 0 aliphatic rings. The van der Waals surface area contributed by atoms with Gasteiger partial charge in [-0.2, -0.15) is 0 Å². The van der Waals surface area contributed by atoms with Crippen molar-refractivity contribution in [2.75, 3.05) is 12.8 Å². The molecule has 1 atom stereocenters. The van der Waals surface area contributed by atoms with Gasteiger partial charge in [0.1, 0.15) is 6.33 Å². The van der Waals surface area contributed by atoms with Crippen LogP contribution >= 0.6 is 0 Å². The molecule has 0 aromatic carbocycles. The second kappa shape index (κ2) is 5.39. The minimum Gasteiger partial charge on any atom is -0.481 e. The zero-order chi connectivity index (χ0) is 13.0. The summed E-state index contributed by atoms with van der Waals surface area (Å²) in [4.78, 5) is 12.1. The van der Waals surface area contributed by atoms with Gasteiger partial charge in [-0.05, 0) is 6.07 Å².